The Labute approximate surface area is 214 Å². The largest absolute Gasteiger partial charge is 0.309 e. The highest BCUT2D eigenvalue weighted by Gasteiger charge is 2.13. The molecule has 7 aromatic carbocycles. The number of nitrogens with zero attached hydrogens (tertiary/aromatic N) is 1. The number of para-hydroxylation sites is 2. The summed E-state index contributed by atoms with van der Waals surface area (Å²) in [4.78, 5) is 0. The van der Waals surface area contributed by atoms with Gasteiger partial charge in [-0.1, -0.05) is 109 Å². The van der Waals surface area contributed by atoms with Gasteiger partial charge in [-0.2, -0.15) is 0 Å². The van der Waals surface area contributed by atoms with Gasteiger partial charge in [0.2, 0.25) is 0 Å². The normalized spacial score (nSPS) is 11.8. The number of fused-ring (bicyclic) bond motifs is 8. The first kappa shape index (κ1) is 20.3. The summed E-state index contributed by atoms with van der Waals surface area (Å²) in [6.45, 7) is 0. The van der Waals surface area contributed by atoms with Crippen LogP contribution in [0.2, 0.25) is 0 Å². The van der Waals surface area contributed by atoms with Gasteiger partial charge < -0.3 is 4.57 Å². The second-order valence-electron chi connectivity index (χ2n) is 9.80. The molecule has 8 rings (SSSR count). The van der Waals surface area contributed by atoms with Crippen molar-refractivity contribution in [2.45, 2.75) is 0 Å². The zero-order valence-corrected chi connectivity index (χ0v) is 20.2. The molecule has 0 unspecified atom stereocenters. The van der Waals surface area contributed by atoms with Gasteiger partial charge in [0.25, 0.3) is 0 Å². The van der Waals surface area contributed by atoms with Crippen LogP contribution < -0.4 is 0 Å². The van der Waals surface area contributed by atoms with E-state index in [-0.39, 0.29) is 0 Å². The molecular formula is C36H23N. The lowest BCUT2D eigenvalue weighted by molar-refractivity contribution is 1.18. The highest BCUT2D eigenvalue weighted by molar-refractivity contribution is 6.17. The Morgan fingerprint density at radius 2 is 0.892 bits per heavy atom. The van der Waals surface area contributed by atoms with Gasteiger partial charge in [-0.25, -0.2) is 0 Å². The van der Waals surface area contributed by atoms with Crippen LogP contribution in [0.5, 0.6) is 0 Å². The Kier molecular flexibility index (Phi) is 4.29. The number of hydrogen-bond acceptors (Lipinski definition) is 0. The van der Waals surface area contributed by atoms with Crippen LogP contribution >= 0.6 is 0 Å². The van der Waals surface area contributed by atoms with Crippen LogP contribution in [-0.2, 0) is 0 Å². The fourth-order valence-corrected chi connectivity index (χ4v) is 6.01. The highest BCUT2D eigenvalue weighted by Crippen LogP contribution is 2.37. The molecule has 172 valence electrons. The molecule has 0 amide bonds. The first-order valence-corrected chi connectivity index (χ1v) is 12.8. The number of hydrogen-bond donors (Lipinski definition) is 0. The van der Waals surface area contributed by atoms with E-state index < -0.39 is 0 Å². The van der Waals surface area contributed by atoms with Crippen molar-refractivity contribution >= 4 is 54.1 Å². The molecule has 0 N–H and O–H groups in total. The third-order valence-corrected chi connectivity index (χ3v) is 7.76. The lowest BCUT2D eigenvalue weighted by Gasteiger charge is -2.11. The van der Waals surface area contributed by atoms with Gasteiger partial charge in [-0.05, 0) is 73.8 Å². The summed E-state index contributed by atoms with van der Waals surface area (Å²) >= 11 is 0. The minimum Gasteiger partial charge on any atom is -0.309 e. The van der Waals surface area contributed by atoms with E-state index in [2.05, 4.69) is 144 Å². The minimum absolute atomic E-state index is 1.18. The van der Waals surface area contributed by atoms with Gasteiger partial charge in [0.1, 0.15) is 0 Å². The fraction of sp³-hybridized carbons (Fsp3) is 0. The van der Waals surface area contributed by atoms with Gasteiger partial charge in [-0.15, -0.1) is 0 Å². The molecular weight excluding hydrogens is 446 g/mol. The smallest absolute Gasteiger partial charge is 0.0547 e. The van der Waals surface area contributed by atoms with Gasteiger partial charge >= 0.3 is 0 Å². The van der Waals surface area contributed by atoms with Crippen molar-refractivity contribution < 1.29 is 0 Å². The van der Waals surface area contributed by atoms with Crippen molar-refractivity contribution in [3.05, 3.63) is 140 Å². The Morgan fingerprint density at radius 1 is 0.324 bits per heavy atom. The van der Waals surface area contributed by atoms with Crippen LogP contribution in [0.4, 0.5) is 0 Å². The summed E-state index contributed by atoms with van der Waals surface area (Å²) in [5, 5.41) is 10.3. The molecule has 1 nitrogen and oxygen atoms in total. The molecule has 0 spiro atoms. The van der Waals surface area contributed by atoms with Gasteiger partial charge in [0.15, 0.2) is 0 Å². The monoisotopic (exact) mass is 469 g/mol. The van der Waals surface area contributed by atoms with Crippen LogP contribution in [0.3, 0.4) is 0 Å². The summed E-state index contributed by atoms with van der Waals surface area (Å²) in [6, 6.07) is 50.8. The Balaban J connectivity index is 1.35. The number of benzene rings is 7. The average molecular weight is 470 g/mol. The Morgan fingerprint density at radius 3 is 1.73 bits per heavy atom. The van der Waals surface area contributed by atoms with Crippen LogP contribution in [0, 0.1) is 0 Å². The summed E-state index contributed by atoms with van der Waals surface area (Å²) in [7, 11) is 0. The van der Waals surface area contributed by atoms with Gasteiger partial charge in [0, 0.05) is 16.5 Å². The topological polar surface area (TPSA) is 4.93 Å². The third-order valence-electron chi connectivity index (χ3n) is 7.76. The SMILES string of the molecule is c1ccc(-n2c3ccccc3c3ccc(-c4ccc5c(ccc6c7ccccc7ccc56)c4)cc32)cc1. The summed E-state index contributed by atoms with van der Waals surface area (Å²) in [6.07, 6.45) is 0. The Bertz CT molecular complexity index is 2130. The standard InChI is InChI=1S/C36H23N/c1-2-9-28(10-3-1)37-35-13-7-6-12-33(35)34-21-16-26(23-36(34)37)25-15-18-30-27(22-25)17-20-31-29-11-5-4-8-24(29)14-19-32(30)31/h1-23H. The van der Waals surface area contributed by atoms with E-state index in [9.17, 15) is 0 Å². The maximum absolute atomic E-state index is 2.38. The van der Waals surface area contributed by atoms with E-state index in [1.807, 2.05) is 0 Å². The summed E-state index contributed by atoms with van der Waals surface area (Å²) in [5.74, 6) is 0. The highest BCUT2D eigenvalue weighted by atomic mass is 15.0. The molecule has 37 heavy (non-hydrogen) atoms. The summed E-state index contributed by atoms with van der Waals surface area (Å²) in [5.41, 5.74) is 6.11. The van der Waals surface area contributed by atoms with Gasteiger partial charge in [-0.3, -0.25) is 0 Å². The van der Waals surface area contributed by atoms with Crippen molar-refractivity contribution in [3.63, 3.8) is 0 Å². The average Bonchev–Trinajstić information content (AvgIpc) is 3.30. The molecule has 0 aliphatic rings. The molecule has 0 aliphatic heterocycles. The first-order chi connectivity index (χ1) is 18.3. The molecule has 1 heteroatoms. The predicted octanol–water partition coefficient (Wildman–Crippen LogP) is 9.91. The molecule has 0 aliphatic carbocycles. The molecule has 0 fully saturated rings. The minimum atomic E-state index is 1.18. The van der Waals surface area contributed by atoms with Crippen molar-refractivity contribution in [1.29, 1.82) is 0 Å². The van der Waals surface area contributed by atoms with Crippen LogP contribution in [0.1, 0.15) is 0 Å². The van der Waals surface area contributed by atoms with E-state index in [4.69, 9.17) is 0 Å². The molecule has 1 aromatic heterocycles. The van der Waals surface area contributed by atoms with E-state index in [1.165, 1.54) is 70.9 Å². The number of rotatable bonds is 2. The maximum atomic E-state index is 2.38. The second kappa shape index (κ2) is 7.81. The summed E-state index contributed by atoms with van der Waals surface area (Å²) < 4.78 is 2.38. The van der Waals surface area contributed by atoms with Crippen LogP contribution in [0.15, 0.2) is 140 Å². The molecule has 0 saturated heterocycles. The maximum Gasteiger partial charge on any atom is 0.0547 e. The van der Waals surface area contributed by atoms with Crippen LogP contribution in [-0.4, -0.2) is 4.57 Å². The second-order valence-corrected chi connectivity index (χ2v) is 9.80. The number of aromatic nitrogens is 1. The van der Waals surface area contributed by atoms with Crippen molar-refractivity contribution in [3.8, 4) is 16.8 Å². The van der Waals surface area contributed by atoms with E-state index >= 15 is 0 Å². The van der Waals surface area contributed by atoms with Gasteiger partial charge in [0.05, 0.1) is 11.0 Å². The molecule has 8 aromatic rings. The van der Waals surface area contributed by atoms with E-state index in [1.54, 1.807) is 0 Å². The third kappa shape index (κ3) is 3.04. The Hall–Kier alpha value is -4.88. The lowest BCUT2D eigenvalue weighted by atomic mass is 9.94. The molecule has 0 radical (unpaired) electrons. The molecule has 0 saturated carbocycles. The lowest BCUT2D eigenvalue weighted by Crippen LogP contribution is -1.93. The zero-order chi connectivity index (χ0) is 24.3. The molecule has 1 heterocycles. The van der Waals surface area contributed by atoms with E-state index in [0.29, 0.717) is 0 Å². The van der Waals surface area contributed by atoms with E-state index in [0.717, 1.165) is 0 Å². The zero-order valence-electron chi connectivity index (χ0n) is 20.2. The molecule has 0 atom stereocenters. The van der Waals surface area contributed by atoms with Crippen molar-refractivity contribution in [2.75, 3.05) is 0 Å². The van der Waals surface area contributed by atoms with Crippen molar-refractivity contribution in [2.24, 2.45) is 0 Å². The molecule has 0 bridgehead atoms. The predicted molar refractivity (Wildman–Crippen MR) is 159 cm³/mol. The first-order valence-electron chi connectivity index (χ1n) is 12.8. The van der Waals surface area contributed by atoms with Crippen molar-refractivity contribution in [1.82, 2.24) is 4.57 Å². The quantitative estimate of drug-likeness (QED) is 0.222. The van der Waals surface area contributed by atoms with Crippen LogP contribution in [0.25, 0.3) is 70.9 Å². The fourth-order valence-electron chi connectivity index (χ4n) is 6.01.